The van der Waals surface area contributed by atoms with Crippen LogP contribution < -0.4 is 31.9 Å². The Morgan fingerprint density at radius 2 is 1.23 bits per heavy atom. The van der Waals surface area contributed by atoms with Gasteiger partial charge in [-0.2, -0.15) is 0 Å². The topological polar surface area (TPSA) is 217 Å². The molecule has 0 spiro atoms. The van der Waals surface area contributed by atoms with Gasteiger partial charge in [0.25, 0.3) is 0 Å². The Balaban J connectivity index is 1.66. The Morgan fingerprint density at radius 3 is 1.77 bits per heavy atom. The molecule has 0 heterocycles. The van der Waals surface area contributed by atoms with Crippen molar-refractivity contribution in [1.29, 1.82) is 0 Å². The molecule has 2 atom stereocenters. The van der Waals surface area contributed by atoms with Crippen LogP contribution >= 0.6 is 0 Å². The van der Waals surface area contributed by atoms with Gasteiger partial charge in [-0.15, -0.1) is 0 Å². The second-order valence-electron chi connectivity index (χ2n) is 11.9. The molecule has 52 heavy (non-hydrogen) atoms. The molecule has 0 aromatic heterocycles. The van der Waals surface area contributed by atoms with Crippen molar-refractivity contribution in [2.45, 2.75) is 38.8 Å². The summed E-state index contributed by atoms with van der Waals surface area (Å²) in [6, 6.07) is 15.7. The molecule has 0 radical (unpaired) electrons. The first-order valence-electron chi connectivity index (χ1n) is 17.2. The molecule has 5 amide bonds. The summed E-state index contributed by atoms with van der Waals surface area (Å²) in [5.41, 5.74) is 3.01. The van der Waals surface area contributed by atoms with Gasteiger partial charge in [0.05, 0.1) is 45.4 Å². The number of likely N-dealkylation sites (N-methyl/N-ethyl adjacent to an activating group) is 1. The molecule has 0 saturated heterocycles. The number of carboxylic acid groups (broad SMARTS) is 1. The van der Waals surface area contributed by atoms with E-state index in [9.17, 15) is 33.9 Å². The van der Waals surface area contributed by atoms with Gasteiger partial charge in [0.2, 0.25) is 29.5 Å². The maximum Gasteiger partial charge on any atom is 0.305 e. The molecule has 16 heteroatoms. The van der Waals surface area contributed by atoms with Crippen molar-refractivity contribution in [2.75, 3.05) is 79.3 Å². The number of benzene rings is 2. The Hall–Kier alpha value is -4.90. The monoisotopic (exact) mass is 727 g/mol. The molecular formula is C36H53N7O9. The van der Waals surface area contributed by atoms with Gasteiger partial charge in [0.1, 0.15) is 6.04 Å². The lowest BCUT2D eigenvalue weighted by Crippen LogP contribution is -2.53. The van der Waals surface area contributed by atoms with E-state index in [1.165, 1.54) is 13.8 Å². The van der Waals surface area contributed by atoms with Gasteiger partial charge in [-0.3, -0.25) is 33.7 Å². The van der Waals surface area contributed by atoms with E-state index in [1.807, 2.05) is 59.5 Å². The van der Waals surface area contributed by atoms with Crippen LogP contribution in [0.15, 0.2) is 54.6 Å². The fourth-order valence-electron chi connectivity index (χ4n) is 4.94. The lowest BCUT2D eigenvalue weighted by molar-refractivity contribution is -0.140. The van der Waals surface area contributed by atoms with Crippen molar-refractivity contribution >= 4 is 35.5 Å². The predicted octanol–water partition coefficient (Wildman–Crippen LogP) is -0.717. The van der Waals surface area contributed by atoms with E-state index in [-0.39, 0.29) is 63.8 Å². The van der Waals surface area contributed by atoms with Gasteiger partial charge in [0, 0.05) is 53.1 Å². The number of nitrogens with zero attached hydrogens (tertiary/aromatic N) is 1. The van der Waals surface area contributed by atoms with Gasteiger partial charge in [-0.05, 0) is 30.2 Å². The molecule has 2 aromatic carbocycles. The Morgan fingerprint density at radius 1 is 0.673 bits per heavy atom. The van der Waals surface area contributed by atoms with E-state index < -0.39 is 36.3 Å². The lowest BCUT2D eigenvalue weighted by atomic mass is 10.00. The highest BCUT2D eigenvalue weighted by Crippen LogP contribution is 2.19. The number of carboxylic acids is 1. The number of rotatable bonds is 26. The summed E-state index contributed by atoms with van der Waals surface area (Å²) in [6.45, 7) is 5.73. The van der Waals surface area contributed by atoms with Crippen LogP contribution in [0.4, 0.5) is 0 Å². The number of nitrogens with one attached hydrogen (secondary N) is 6. The highest BCUT2D eigenvalue weighted by atomic mass is 16.5. The Kier molecular flexibility index (Phi) is 20.9. The average molecular weight is 728 g/mol. The molecule has 0 fully saturated rings. The van der Waals surface area contributed by atoms with Gasteiger partial charge in [-0.1, -0.05) is 54.6 Å². The van der Waals surface area contributed by atoms with Crippen LogP contribution in [0.5, 0.6) is 0 Å². The summed E-state index contributed by atoms with van der Waals surface area (Å²) in [4.78, 5) is 73.7. The van der Waals surface area contributed by atoms with Gasteiger partial charge in [0.15, 0.2) is 0 Å². The normalized spacial score (nSPS) is 12.0. The predicted molar refractivity (Wildman–Crippen MR) is 194 cm³/mol. The summed E-state index contributed by atoms with van der Waals surface area (Å²) in [5, 5.41) is 25.6. The van der Waals surface area contributed by atoms with Crippen molar-refractivity contribution in [3.8, 4) is 11.1 Å². The zero-order valence-electron chi connectivity index (χ0n) is 30.2. The molecule has 0 bridgehead atoms. The quantitative estimate of drug-likeness (QED) is 0.0601. The van der Waals surface area contributed by atoms with E-state index in [2.05, 4.69) is 31.9 Å². The van der Waals surface area contributed by atoms with E-state index in [4.69, 9.17) is 9.47 Å². The highest BCUT2D eigenvalue weighted by molar-refractivity contribution is 5.92. The first kappa shape index (κ1) is 43.3. The third kappa shape index (κ3) is 18.9. The molecule has 2 aromatic rings. The van der Waals surface area contributed by atoms with Crippen molar-refractivity contribution in [3.05, 3.63) is 60.2 Å². The number of ether oxygens (including phenoxy) is 2. The van der Waals surface area contributed by atoms with E-state index in [0.717, 1.165) is 16.7 Å². The molecule has 286 valence electrons. The lowest BCUT2D eigenvalue weighted by Gasteiger charge is -2.22. The number of hydrogen-bond acceptors (Lipinski definition) is 10. The van der Waals surface area contributed by atoms with Gasteiger partial charge < -0.3 is 46.5 Å². The molecule has 0 unspecified atom stereocenters. The fourth-order valence-corrected chi connectivity index (χ4v) is 4.94. The van der Waals surface area contributed by atoms with Crippen molar-refractivity contribution in [1.82, 2.24) is 36.8 Å². The molecule has 2 rings (SSSR count). The second-order valence-corrected chi connectivity index (χ2v) is 11.9. The Labute approximate surface area is 304 Å². The largest absolute Gasteiger partial charge is 0.481 e. The van der Waals surface area contributed by atoms with Crippen LogP contribution in [0, 0.1) is 0 Å². The van der Waals surface area contributed by atoms with Crippen LogP contribution in [-0.2, 0) is 44.7 Å². The molecule has 7 N–H and O–H groups in total. The number of carbonyl (C=O) groups excluding carboxylic acids is 5. The first-order chi connectivity index (χ1) is 25.0. The van der Waals surface area contributed by atoms with Gasteiger partial charge in [-0.25, -0.2) is 0 Å². The number of aliphatic carboxylic acids is 1. The zero-order chi connectivity index (χ0) is 38.1. The maximum absolute atomic E-state index is 13.1. The number of carbonyl (C=O) groups is 6. The molecule has 0 aliphatic carbocycles. The zero-order valence-corrected chi connectivity index (χ0v) is 30.2. The maximum atomic E-state index is 13.1. The van der Waals surface area contributed by atoms with Crippen molar-refractivity contribution in [2.24, 2.45) is 0 Å². The fraction of sp³-hybridized carbons (Fsp3) is 0.500. The molecule has 0 aliphatic rings. The molecule has 16 nitrogen and oxygen atoms in total. The standard InChI is InChI=1S/C36H53N7O9/c1-26(44)38-13-17-43(18-14-39-27(2)45)25-33(46)40-15-19-51-21-22-52-20-16-41-35(49)32(24-34(47)48)42-36(50)31(37-3)23-28-9-11-30(12-10-28)29-7-5-4-6-8-29/h4-12,31-32,37H,13-25H2,1-3H3,(H,38,44)(H,39,45)(H,40,46)(H,41,49)(H,42,50)(H,47,48)/t31-,32-/m0/s1. The van der Waals surface area contributed by atoms with Crippen LogP contribution in [0.1, 0.15) is 25.8 Å². The first-order valence-corrected chi connectivity index (χ1v) is 17.2. The molecule has 0 aliphatic heterocycles. The Bertz CT molecular complexity index is 1390. The smallest absolute Gasteiger partial charge is 0.305 e. The number of hydrogen-bond donors (Lipinski definition) is 7. The van der Waals surface area contributed by atoms with E-state index in [0.29, 0.717) is 32.6 Å². The summed E-state index contributed by atoms with van der Waals surface area (Å²) in [7, 11) is 1.62. The summed E-state index contributed by atoms with van der Waals surface area (Å²) >= 11 is 0. The third-order valence-electron chi connectivity index (χ3n) is 7.63. The highest BCUT2D eigenvalue weighted by Gasteiger charge is 2.27. The summed E-state index contributed by atoms with van der Waals surface area (Å²) in [6.07, 6.45) is -0.251. The second kappa shape index (κ2) is 25.1. The van der Waals surface area contributed by atoms with E-state index >= 15 is 0 Å². The molecule has 0 saturated carbocycles. The molecular weight excluding hydrogens is 674 g/mol. The minimum absolute atomic E-state index is 0.0878. The third-order valence-corrected chi connectivity index (χ3v) is 7.63. The van der Waals surface area contributed by atoms with Crippen LogP contribution in [-0.4, -0.2) is 137 Å². The average Bonchev–Trinajstić information content (AvgIpc) is 3.11. The van der Waals surface area contributed by atoms with Crippen molar-refractivity contribution in [3.63, 3.8) is 0 Å². The minimum Gasteiger partial charge on any atom is -0.481 e. The van der Waals surface area contributed by atoms with Crippen molar-refractivity contribution < 1.29 is 43.3 Å². The van der Waals surface area contributed by atoms with Crippen LogP contribution in [0.3, 0.4) is 0 Å². The van der Waals surface area contributed by atoms with E-state index in [1.54, 1.807) is 7.05 Å². The van der Waals surface area contributed by atoms with Crippen LogP contribution in [0.25, 0.3) is 11.1 Å². The van der Waals surface area contributed by atoms with Crippen LogP contribution in [0.2, 0.25) is 0 Å². The summed E-state index contributed by atoms with van der Waals surface area (Å²) < 4.78 is 10.9. The minimum atomic E-state index is -1.28. The number of amides is 5. The summed E-state index contributed by atoms with van der Waals surface area (Å²) in [5.74, 6) is -2.94. The SMILES string of the molecule is CN[C@@H](Cc1ccc(-c2ccccc2)cc1)C(=O)N[C@@H](CC(=O)O)C(=O)NCCOCCOCCNC(=O)CN(CCNC(C)=O)CCNC(C)=O. The van der Waals surface area contributed by atoms with Gasteiger partial charge >= 0.3 is 5.97 Å².